The van der Waals surface area contributed by atoms with E-state index in [0.29, 0.717) is 40.2 Å². The smallest absolute Gasteiger partial charge is 0.226 e. The van der Waals surface area contributed by atoms with Crippen molar-refractivity contribution in [3.8, 4) is 5.75 Å². The van der Waals surface area contributed by atoms with Crippen LogP contribution in [0.25, 0.3) is 0 Å². The predicted octanol–water partition coefficient (Wildman–Crippen LogP) is 6.14. The number of amides is 1. The standard InChI is InChI=1S/C25H30ClN3O3S/c1-13-12-27-24(33-13)28-21(31)8-3-14-11-20(29-32)25(2)10-9-16-15-6-7-19(30)23(26)18(15)5-4-17(16)22(14)25/h6-7,12,14,16-17,22,30,32H,3-5,8-11H2,1-2H3,(H,27,28,31)/b29-20+/t14-,16?,17?,22?,25-/m1/s1. The summed E-state index contributed by atoms with van der Waals surface area (Å²) in [5.74, 6) is 1.64. The number of carbonyl (C=O) groups excluding carboxylic acids is 1. The molecule has 0 bridgehead atoms. The quantitative estimate of drug-likeness (QED) is 0.356. The zero-order valence-corrected chi connectivity index (χ0v) is 20.5. The van der Waals surface area contributed by atoms with E-state index in [0.717, 1.165) is 54.7 Å². The van der Waals surface area contributed by atoms with Crippen molar-refractivity contribution in [3.05, 3.63) is 39.4 Å². The van der Waals surface area contributed by atoms with Gasteiger partial charge in [0.2, 0.25) is 5.91 Å². The van der Waals surface area contributed by atoms with E-state index in [-0.39, 0.29) is 17.1 Å². The number of fused-ring (bicyclic) bond motifs is 5. The number of hydrogen-bond donors (Lipinski definition) is 3. The summed E-state index contributed by atoms with van der Waals surface area (Å²) in [6.45, 7) is 4.22. The van der Waals surface area contributed by atoms with Crippen molar-refractivity contribution in [2.24, 2.45) is 28.3 Å². The molecule has 1 aromatic carbocycles. The number of thiazole rings is 1. The third kappa shape index (κ3) is 3.83. The molecule has 0 spiro atoms. The summed E-state index contributed by atoms with van der Waals surface area (Å²) in [6, 6.07) is 3.76. The van der Waals surface area contributed by atoms with Crippen molar-refractivity contribution in [2.45, 2.75) is 64.7 Å². The molecule has 5 atom stereocenters. The highest BCUT2D eigenvalue weighted by Gasteiger charge is 2.57. The first-order chi connectivity index (χ1) is 15.8. The Morgan fingerprint density at radius 2 is 2.21 bits per heavy atom. The van der Waals surface area contributed by atoms with Crippen molar-refractivity contribution in [2.75, 3.05) is 5.32 Å². The second-order valence-electron chi connectivity index (χ2n) is 10.1. The van der Waals surface area contributed by atoms with Gasteiger partial charge in [-0.15, -0.1) is 11.3 Å². The van der Waals surface area contributed by atoms with Crippen LogP contribution >= 0.6 is 22.9 Å². The molecule has 176 valence electrons. The number of benzene rings is 1. The molecule has 0 radical (unpaired) electrons. The summed E-state index contributed by atoms with van der Waals surface area (Å²) >= 11 is 7.94. The Balaban J connectivity index is 1.37. The Morgan fingerprint density at radius 3 is 2.94 bits per heavy atom. The Bertz CT molecular complexity index is 1120. The zero-order chi connectivity index (χ0) is 23.3. The normalized spacial score (nSPS) is 31.7. The summed E-state index contributed by atoms with van der Waals surface area (Å²) in [5.41, 5.74) is 3.11. The number of oxime groups is 1. The fourth-order valence-corrected chi connectivity index (χ4v) is 7.97. The van der Waals surface area contributed by atoms with E-state index < -0.39 is 0 Å². The van der Waals surface area contributed by atoms with Gasteiger partial charge in [-0.2, -0.15) is 0 Å². The van der Waals surface area contributed by atoms with Gasteiger partial charge in [-0.1, -0.05) is 29.7 Å². The highest BCUT2D eigenvalue weighted by Crippen LogP contribution is 2.63. The van der Waals surface area contributed by atoms with Crippen LogP contribution in [0.15, 0.2) is 23.5 Å². The van der Waals surface area contributed by atoms with Gasteiger partial charge in [0.25, 0.3) is 0 Å². The molecule has 1 aromatic heterocycles. The summed E-state index contributed by atoms with van der Waals surface area (Å²) in [7, 11) is 0. The molecule has 3 unspecified atom stereocenters. The van der Waals surface area contributed by atoms with E-state index in [9.17, 15) is 15.1 Å². The average Bonchev–Trinajstić information content (AvgIpc) is 3.33. The Hall–Kier alpha value is -2.12. The molecule has 2 fully saturated rings. The summed E-state index contributed by atoms with van der Waals surface area (Å²) < 4.78 is 0. The van der Waals surface area contributed by atoms with Crippen molar-refractivity contribution in [3.63, 3.8) is 0 Å². The van der Waals surface area contributed by atoms with Crippen molar-refractivity contribution < 1.29 is 15.1 Å². The maximum absolute atomic E-state index is 12.6. The summed E-state index contributed by atoms with van der Waals surface area (Å²) in [4.78, 5) is 17.9. The van der Waals surface area contributed by atoms with E-state index >= 15 is 0 Å². The molecule has 3 N–H and O–H groups in total. The van der Waals surface area contributed by atoms with E-state index in [1.807, 2.05) is 13.0 Å². The number of rotatable bonds is 4. The van der Waals surface area contributed by atoms with Gasteiger partial charge in [0.15, 0.2) is 5.13 Å². The number of carbonyl (C=O) groups is 1. The topological polar surface area (TPSA) is 94.8 Å². The van der Waals surface area contributed by atoms with E-state index in [2.05, 4.69) is 22.4 Å². The Kier molecular flexibility index (Phi) is 5.90. The second kappa shape index (κ2) is 8.58. The lowest BCUT2D eigenvalue weighted by Crippen LogP contribution is -2.44. The van der Waals surface area contributed by atoms with Gasteiger partial charge in [-0.25, -0.2) is 4.98 Å². The van der Waals surface area contributed by atoms with E-state index in [4.69, 9.17) is 11.6 Å². The number of aromatic nitrogens is 1. The molecule has 3 aliphatic rings. The lowest BCUT2D eigenvalue weighted by atomic mass is 9.54. The second-order valence-corrected chi connectivity index (χ2v) is 11.7. The highest BCUT2D eigenvalue weighted by atomic mass is 35.5. The van der Waals surface area contributed by atoms with Gasteiger partial charge in [-0.05, 0) is 86.3 Å². The maximum Gasteiger partial charge on any atom is 0.226 e. The molecular formula is C25H30ClN3O3S. The van der Waals surface area contributed by atoms with Crippen LogP contribution in [0.4, 0.5) is 5.13 Å². The van der Waals surface area contributed by atoms with Crippen LogP contribution in [0.2, 0.25) is 5.02 Å². The van der Waals surface area contributed by atoms with Crippen LogP contribution < -0.4 is 5.32 Å². The SMILES string of the molecule is Cc1cnc(NC(=O)CC[C@@H]2C/C(=N\O)[C@@]3(C)CCC4c5ccc(O)c(Cl)c5CCC4C23)s1. The number of phenols is 1. The van der Waals surface area contributed by atoms with Gasteiger partial charge < -0.3 is 15.6 Å². The first-order valence-corrected chi connectivity index (χ1v) is 12.9. The molecule has 5 rings (SSSR count). The largest absolute Gasteiger partial charge is 0.506 e. The van der Waals surface area contributed by atoms with Crippen LogP contribution in [-0.4, -0.2) is 26.9 Å². The fraction of sp³-hybridized carbons (Fsp3) is 0.560. The third-order valence-electron chi connectivity index (χ3n) is 8.43. The van der Waals surface area contributed by atoms with Gasteiger partial charge in [0.05, 0.1) is 10.7 Å². The maximum atomic E-state index is 12.6. The molecule has 8 heteroatoms. The number of aromatic hydroxyl groups is 1. The summed E-state index contributed by atoms with van der Waals surface area (Å²) in [5, 5.41) is 27.7. The van der Waals surface area contributed by atoms with Gasteiger partial charge in [0.1, 0.15) is 5.75 Å². The number of nitrogens with zero attached hydrogens (tertiary/aromatic N) is 2. The van der Waals surface area contributed by atoms with Gasteiger partial charge in [0, 0.05) is 22.9 Å². The molecule has 0 aliphatic heterocycles. The monoisotopic (exact) mass is 487 g/mol. The predicted molar refractivity (Wildman–Crippen MR) is 131 cm³/mol. The van der Waals surface area contributed by atoms with Gasteiger partial charge in [-0.3, -0.25) is 4.79 Å². The molecular weight excluding hydrogens is 458 g/mol. The van der Waals surface area contributed by atoms with E-state index in [1.54, 1.807) is 12.3 Å². The van der Waals surface area contributed by atoms with Crippen LogP contribution in [0, 0.1) is 30.1 Å². The number of nitrogens with one attached hydrogen (secondary N) is 1. The first-order valence-electron chi connectivity index (χ1n) is 11.8. The van der Waals surface area contributed by atoms with Crippen molar-refractivity contribution in [1.82, 2.24) is 4.98 Å². The number of anilines is 1. The van der Waals surface area contributed by atoms with Crippen molar-refractivity contribution >= 4 is 39.7 Å². The average molecular weight is 488 g/mol. The van der Waals surface area contributed by atoms with Crippen molar-refractivity contribution in [1.29, 1.82) is 0 Å². The fourth-order valence-electron chi connectivity index (χ4n) is 7.02. The molecule has 3 aliphatic carbocycles. The van der Waals surface area contributed by atoms with Crippen LogP contribution in [0.1, 0.15) is 67.4 Å². The Morgan fingerprint density at radius 1 is 1.39 bits per heavy atom. The highest BCUT2D eigenvalue weighted by molar-refractivity contribution is 7.15. The van der Waals surface area contributed by atoms with Crippen LogP contribution in [-0.2, 0) is 11.2 Å². The first kappa shape index (κ1) is 22.7. The van der Waals surface area contributed by atoms with Crippen LogP contribution in [0.3, 0.4) is 0 Å². The number of aryl methyl sites for hydroxylation is 1. The molecule has 2 aromatic rings. The molecule has 6 nitrogen and oxygen atoms in total. The molecule has 33 heavy (non-hydrogen) atoms. The minimum absolute atomic E-state index is 0.0101. The minimum atomic E-state index is -0.137. The molecule has 0 saturated heterocycles. The molecule has 2 saturated carbocycles. The molecule has 1 heterocycles. The minimum Gasteiger partial charge on any atom is -0.506 e. The third-order valence-corrected chi connectivity index (χ3v) is 9.68. The number of phenolic OH excluding ortho intramolecular Hbond substituents is 1. The number of halogens is 1. The number of hydrogen-bond acceptors (Lipinski definition) is 6. The van der Waals surface area contributed by atoms with Crippen LogP contribution in [0.5, 0.6) is 5.75 Å². The van der Waals surface area contributed by atoms with E-state index in [1.165, 1.54) is 16.9 Å². The Labute approximate surface area is 203 Å². The summed E-state index contributed by atoms with van der Waals surface area (Å²) in [6.07, 6.45) is 7.53. The molecule has 1 amide bonds. The van der Waals surface area contributed by atoms with Gasteiger partial charge >= 0.3 is 0 Å². The zero-order valence-electron chi connectivity index (χ0n) is 19.0. The lowest BCUT2D eigenvalue weighted by Gasteiger charge is -2.50. The lowest BCUT2D eigenvalue weighted by molar-refractivity contribution is -0.116.